The lowest BCUT2D eigenvalue weighted by molar-refractivity contribution is -0.136. The number of halogens is 2. The van der Waals surface area contributed by atoms with Crippen LogP contribution in [0.2, 0.25) is 10.0 Å². The van der Waals surface area contributed by atoms with Crippen molar-refractivity contribution in [2.75, 3.05) is 45.7 Å². The molecule has 284 valence electrons. The first kappa shape index (κ1) is 37.8. The van der Waals surface area contributed by atoms with Gasteiger partial charge >= 0.3 is 0 Å². The maximum absolute atomic E-state index is 13.7. The van der Waals surface area contributed by atoms with Gasteiger partial charge in [0.2, 0.25) is 11.8 Å². The van der Waals surface area contributed by atoms with E-state index < -0.39 is 5.91 Å². The lowest BCUT2D eigenvalue weighted by atomic mass is 10.0. The fraction of sp³-hybridized carbons (Fsp3) is 0.425. The van der Waals surface area contributed by atoms with Gasteiger partial charge < -0.3 is 29.7 Å². The number of hydrogen-bond donors (Lipinski definition) is 2. The summed E-state index contributed by atoms with van der Waals surface area (Å²) in [6.45, 7) is 5.67. The molecule has 1 atom stereocenters. The van der Waals surface area contributed by atoms with Gasteiger partial charge in [0.1, 0.15) is 5.75 Å². The normalized spacial score (nSPS) is 17.8. The predicted octanol–water partition coefficient (Wildman–Crippen LogP) is 5.80. The minimum Gasteiger partial charge on any atom is -0.496 e. The van der Waals surface area contributed by atoms with Crippen LogP contribution in [0.1, 0.15) is 60.2 Å². The molecule has 14 heteroatoms. The summed E-state index contributed by atoms with van der Waals surface area (Å²) < 4.78 is 7.60. The van der Waals surface area contributed by atoms with Crippen LogP contribution in [-0.2, 0) is 36.1 Å². The SMILES string of the molecule is COc1cc(-c2nccc(-c3cccc(NC(=O)c4nc5c(n4C)CCN(C(=O)C4CCCN4C)C5)c3Cl)c2Cl)ccc1CNC1CCN(C(C)=O)CC1. The highest BCUT2D eigenvalue weighted by atomic mass is 35.5. The van der Waals surface area contributed by atoms with Gasteiger partial charge in [-0.05, 0) is 57.5 Å². The number of methoxy groups -OCH3 is 1. The molecule has 2 saturated heterocycles. The van der Waals surface area contributed by atoms with Crippen molar-refractivity contribution >= 4 is 46.6 Å². The summed E-state index contributed by atoms with van der Waals surface area (Å²) in [4.78, 5) is 53.8. The first-order valence-corrected chi connectivity index (χ1v) is 19.2. The topological polar surface area (TPSA) is 125 Å². The molecule has 12 nitrogen and oxygen atoms in total. The van der Waals surface area contributed by atoms with Crippen molar-refractivity contribution in [2.24, 2.45) is 7.05 Å². The molecule has 3 aliphatic heterocycles. The summed E-state index contributed by atoms with van der Waals surface area (Å²) >= 11 is 14.1. The van der Waals surface area contributed by atoms with Gasteiger partial charge in [-0.3, -0.25) is 24.3 Å². The average molecular weight is 774 g/mol. The van der Waals surface area contributed by atoms with Gasteiger partial charge in [0.05, 0.1) is 46.8 Å². The quantitative estimate of drug-likeness (QED) is 0.219. The van der Waals surface area contributed by atoms with Crippen molar-refractivity contribution in [1.82, 2.24) is 34.6 Å². The first-order valence-electron chi connectivity index (χ1n) is 18.5. The van der Waals surface area contributed by atoms with E-state index in [2.05, 4.69) is 20.5 Å². The number of imidazole rings is 1. The Bertz CT molecular complexity index is 2080. The molecule has 3 amide bonds. The van der Waals surface area contributed by atoms with Gasteiger partial charge in [-0.2, -0.15) is 0 Å². The highest BCUT2D eigenvalue weighted by molar-refractivity contribution is 6.39. The number of aromatic nitrogens is 3. The Hall–Kier alpha value is -4.49. The number of anilines is 1. The van der Waals surface area contributed by atoms with E-state index in [9.17, 15) is 14.4 Å². The Morgan fingerprint density at radius 2 is 1.72 bits per heavy atom. The Morgan fingerprint density at radius 1 is 0.944 bits per heavy atom. The van der Waals surface area contributed by atoms with Crippen LogP contribution in [0.3, 0.4) is 0 Å². The maximum Gasteiger partial charge on any atom is 0.291 e. The van der Waals surface area contributed by atoms with Crippen LogP contribution in [0.25, 0.3) is 22.4 Å². The van der Waals surface area contributed by atoms with Crippen LogP contribution in [0.4, 0.5) is 5.69 Å². The second kappa shape index (κ2) is 16.1. The van der Waals surface area contributed by atoms with Crippen LogP contribution < -0.4 is 15.4 Å². The number of hydrogen-bond acceptors (Lipinski definition) is 8. The maximum atomic E-state index is 13.7. The molecule has 0 radical (unpaired) electrons. The van der Waals surface area contributed by atoms with E-state index in [4.69, 9.17) is 32.9 Å². The fourth-order valence-electron chi connectivity index (χ4n) is 7.91. The van der Waals surface area contributed by atoms with E-state index in [-0.39, 0.29) is 23.7 Å². The van der Waals surface area contributed by atoms with E-state index >= 15 is 0 Å². The lowest BCUT2D eigenvalue weighted by Gasteiger charge is -2.32. The number of ether oxygens (including phenoxy) is 1. The summed E-state index contributed by atoms with van der Waals surface area (Å²) in [6.07, 6.45) is 6.01. The van der Waals surface area contributed by atoms with Gasteiger partial charge in [-0.25, -0.2) is 4.98 Å². The number of piperidine rings is 1. The Kier molecular flexibility index (Phi) is 11.3. The molecule has 4 aromatic rings. The Balaban J connectivity index is 1.06. The number of nitrogens with zero attached hydrogens (tertiary/aromatic N) is 6. The molecular weight excluding hydrogens is 727 g/mol. The van der Waals surface area contributed by atoms with Crippen molar-refractivity contribution < 1.29 is 19.1 Å². The Labute approximate surface area is 325 Å². The predicted molar refractivity (Wildman–Crippen MR) is 210 cm³/mol. The van der Waals surface area contributed by atoms with Crippen molar-refractivity contribution in [3.63, 3.8) is 0 Å². The van der Waals surface area contributed by atoms with E-state index in [1.165, 1.54) is 0 Å². The molecule has 2 aromatic carbocycles. The zero-order valence-corrected chi connectivity index (χ0v) is 32.6. The van der Waals surface area contributed by atoms with Crippen LogP contribution in [0, 0.1) is 0 Å². The summed E-state index contributed by atoms with van der Waals surface area (Å²) in [7, 11) is 5.47. The molecule has 0 bridgehead atoms. The van der Waals surface area contributed by atoms with E-state index in [1.54, 1.807) is 32.4 Å². The van der Waals surface area contributed by atoms with Crippen molar-refractivity contribution in [2.45, 2.75) is 64.2 Å². The van der Waals surface area contributed by atoms with Crippen molar-refractivity contribution in [1.29, 1.82) is 0 Å². The molecule has 2 aromatic heterocycles. The fourth-order valence-corrected chi connectivity index (χ4v) is 8.51. The van der Waals surface area contributed by atoms with Gasteiger partial charge in [0.15, 0.2) is 5.82 Å². The number of nitrogens with one attached hydrogen (secondary N) is 2. The molecule has 3 aliphatic rings. The summed E-state index contributed by atoms with van der Waals surface area (Å²) in [5.74, 6) is 0.817. The monoisotopic (exact) mass is 772 g/mol. The number of carbonyl (C=O) groups is 3. The molecule has 7 rings (SSSR count). The van der Waals surface area contributed by atoms with Gasteiger partial charge in [0, 0.05) is 86.8 Å². The molecular formula is C40H46Cl2N8O4. The summed E-state index contributed by atoms with van der Waals surface area (Å²) in [6, 6.07) is 13.4. The molecule has 2 fully saturated rings. The molecule has 0 aliphatic carbocycles. The number of benzene rings is 2. The lowest BCUT2D eigenvalue weighted by Crippen LogP contribution is -2.46. The van der Waals surface area contributed by atoms with Crippen LogP contribution in [0.5, 0.6) is 5.75 Å². The molecule has 54 heavy (non-hydrogen) atoms. The number of rotatable bonds is 9. The number of likely N-dealkylation sites (N-methyl/N-ethyl adjacent to an activating group) is 1. The number of pyridine rings is 1. The van der Waals surface area contributed by atoms with E-state index in [1.807, 2.05) is 58.8 Å². The highest BCUT2D eigenvalue weighted by Crippen LogP contribution is 2.41. The van der Waals surface area contributed by atoms with Crippen molar-refractivity contribution in [3.05, 3.63) is 81.5 Å². The number of likely N-dealkylation sites (tertiary alicyclic amines) is 2. The van der Waals surface area contributed by atoms with Crippen LogP contribution in [-0.4, -0.2) is 99.4 Å². The standard InChI is InChI=1S/C40H46Cl2N8O4/c1-24(51)49-18-13-27(14-19-49)44-22-26-11-10-25(21-34(26)54-4)37-36(42)29(12-16-43-37)28-7-5-8-30(35(28)41)46-39(52)38-45-31-23-50(20-15-32(31)48(38)3)40(53)33-9-6-17-47(33)2/h5,7-8,10-12,16,21,27,33,44H,6,9,13-15,17-20,22-23H2,1-4H3,(H,46,52). The molecule has 0 spiro atoms. The van der Waals surface area contributed by atoms with Gasteiger partial charge in [0.25, 0.3) is 5.91 Å². The molecule has 5 heterocycles. The summed E-state index contributed by atoms with van der Waals surface area (Å²) in [5, 5.41) is 7.31. The largest absolute Gasteiger partial charge is 0.496 e. The number of carbonyl (C=O) groups excluding carboxylic acids is 3. The summed E-state index contributed by atoms with van der Waals surface area (Å²) in [5.41, 5.74) is 5.77. The van der Waals surface area contributed by atoms with Crippen LogP contribution in [0.15, 0.2) is 48.7 Å². The van der Waals surface area contributed by atoms with E-state index in [0.717, 1.165) is 67.8 Å². The average Bonchev–Trinajstić information content (AvgIpc) is 3.76. The first-order chi connectivity index (χ1) is 26.0. The third-order valence-electron chi connectivity index (χ3n) is 11.1. The van der Waals surface area contributed by atoms with Gasteiger partial charge in [-0.1, -0.05) is 47.5 Å². The van der Waals surface area contributed by atoms with Gasteiger partial charge in [-0.15, -0.1) is 0 Å². The minimum absolute atomic E-state index is 0.0942. The highest BCUT2D eigenvalue weighted by Gasteiger charge is 2.35. The number of fused-ring (bicyclic) bond motifs is 1. The zero-order chi connectivity index (χ0) is 38.1. The second-order valence-corrected chi connectivity index (χ2v) is 15.1. The smallest absolute Gasteiger partial charge is 0.291 e. The minimum atomic E-state index is -0.399. The van der Waals surface area contributed by atoms with Crippen molar-refractivity contribution in [3.8, 4) is 28.1 Å². The third kappa shape index (κ3) is 7.57. The molecule has 1 unspecified atom stereocenters. The Morgan fingerprint density at radius 3 is 2.44 bits per heavy atom. The zero-order valence-electron chi connectivity index (χ0n) is 31.1. The molecule has 2 N–H and O–H groups in total. The van der Waals surface area contributed by atoms with Crippen LogP contribution >= 0.6 is 23.2 Å². The molecule has 0 saturated carbocycles. The number of amides is 3. The third-order valence-corrected chi connectivity index (χ3v) is 11.9. The second-order valence-electron chi connectivity index (χ2n) is 14.4. The van der Waals surface area contributed by atoms with E-state index in [0.29, 0.717) is 70.4 Å².